The van der Waals surface area contributed by atoms with E-state index in [0.29, 0.717) is 12.8 Å². The van der Waals surface area contributed by atoms with E-state index >= 15 is 0 Å². The average molecular weight is 266 g/mol. The quantitative estimate of drug-likeness (QED) is 0.292. The van der Waals surface area contributed by atoms with Crippen molar-refractivity contribution in [3.63, 3.8) is 0 Å². The van der Waals surface area contributed by atoms with Crippen molar-refractivity contribution in [1.82, 2.24) is 0 Å². The maximum Gasteiger partial charge on any atom is 1.00 e. The first kappa shape index (κ1) is 18.9. The van der Waals surface area contributed by atoms with Crippen LogP contribution in [0.25, 0.3) is 0 Å². The fraction of sp³-hybridized carbons (Fsp3) is 0.857. The van der Waals surface area contributed by atoms with Gasteiger partial charge in [0.25, 0.3) is 0 Å². The SMILES string of the molecule is CCCCC(O)(CO)C(=O)OP(=O)(O)O.[H-].[Na+]. The minimum absolute atomic E-state index is 0. The molecule has 0 aliphatic heterocycles. The Morgan fingerprint density at radius 3 is 2.31 bits per heavy atom. The first-order chi connectivity index (χ1) is 6.75. The number of rotatable bonds is 6. The molecule has 0 aromatic rings. The molecule has 7 nitrogen and oxygen atoms in total. The number of carbonyl (C=O) groups is 1. The van der Waals surface area contributed by atoms with Gasteiger partial charge < -0.3 is 16.2 Å². The number of hydrogen-bond donors (Lipinski definition) is 4. The molecular formula is C7H16NaO7P. The Morgan fingerprint density at radius 2 is 2.00 bits per heavy atom. The van der Waals surface area contributed by atoms with Gasteiger partial charge in [0, 0.05) is 0 Å². The zero-order chi connectivity index (χ0) is 12.1. The van der Waals surface area contributed by atoms with Gasteiger partial charge in [-0.3, -0.25) is 9.79 Å². The number of carbonyl (C=O) groups excluding carboxylic acids is 1. The van der Waals surface area contributed by atoms with Crippen LogP contribution in [0, 0.1) is 0 Å². The van der Waals surface area contributed by atoms with Gasteiger partial charge in [0.1, 0.15) is 0 Å². The molecule has 0 amide bonds. The van der Waals surface area contributed by atoms with E-state index in [0.717, 1.165) is 0 Å². The van der Waals surface area contributed by atoms with Gasteiger partial charge in [0.05, 0.1) is 6.61 Å². The number of phosphoric ester groups is 1. The fourth-order valence-electron chi connectivity index (χ4n) is 0.908. The first-order valence-corrected chi connectivity index (χ1v) is 5.91. The summed E-state index contributed by atoms with van der Waals surface area (Å²) in [6, 6.07) is 0. The summed E-state index contributed by atoms with van der Waals surface area (Å²) >= 11 is 0. The second-order valence-corrected chi connectivity index (χ2v) is 4.33. The fourth-order valence-corrected chi connectivity index (χ4v) is 1.29. The third kappa shape index (κ3) is 6.98. The van der Waals surface area contributed by atoms with Crippen molar-refractivity contribution in [2.45, 2.75) is 31.8 Å². The number of hydrogen-bond acceptors (Lipinski definition) is 5. The van der Waals surface area contributed by atoms with Crippen LogP contribution in [-0.2, 0) is 13.9 Å². The van der Waals surface area contributed by atoms with Crippen LogP contribution < -0.4 is 29.6 Å². The Labute approximate surface area is 117 Å². The van der Waals surface area contributed by atoms with Gasteiger partial charge in [-0.1, -0.05) is 19.8 Å². The van der Waals surface area contributed by atoms with Crippen LogP contribution >= 0.6 is 7.82 Å². The molecule has 0 radical (unpaired) electrons. The topological polar surface area (TPSA) is 124 Å². The summed E-state index contributed by atoms with van der Waals surface area (Å²) in [5, 5.41) is 18.3. The second kappa shape index (κ2) is 7.79. The molecule has 0 rings (SSSR count). The molecule has 0 heterocycles. The van der Waals surface area contributed by atoms with Crippen LogP contribution in [0.15, 0.2) is 0 Å². The molecule has 0 spiro atoms. The van der Waals surface area contributed by atoms with Crippen molar-refractivity contribution < 1.29 is 64.9 Å². The van der Waals surface area contributed by atoms with Crippen LogP contribution in [-0.4, -0.2) is 38.2 Å². The maximum absolute atomic E-state index is 11.1. The van der Waals surface area contributed by atoms with Crippen LogP contribution in [0.1, 0.15) is 27.6 Å². The molecule has 0 aromatic heterocycles. The summed E-state index contributed by atoms with van der Waals surface area (Å²) in [5.41, 5.74) is -2.24. The third-order valence-electron chi connectivity index (χ3n) is 1.79. The van der Waals surface area contributed by atoms with E-state index in [-0.39, 0.29) is 37.4 Å². The van der Waals surface area contributed by atoms with Crippen molar-refractivity contribution in [1.29, 1.82) is 0 Å². The summed E-state index contributed by atoms with van der Waals surface area (Å²) in [6.07, 6.45) is 0.970. The van der Waals surface area contributed by atoms with Crippen molar-refractivity contribution >= 4 is 13.8 Å². The van der Waals surface area contributed by atoms with Gasteiger partial charge in [0.15, 0.2) is 5.60 Å². The van der Waals surface area contributed by atoms with Crippen LogP contribution in [0.4, 0.5) is 0 Å². The average Bonchev–Trinajstić information content (AvgIpc) is 2.11. The molecule has 1 atom stereocenters. The van der Waals surface area contributed by atoms with E-state index in [4.69, 9.17) is 14.9 Å². The first-order valence-electron chi connectivity index (χ1n) is 4.38. The van der Waals surface area contributed by atoms with Crippen molar-refractivity contribution in [3.8, 4) is 0 Å². The van der Waals surface area contributed by atoms with Gasteiger partial charge in [-0.15, -0.1) is 0 Å². The van der Waals surface area contributed by atoms with Crippen LogP contribution in [0.5, 0.6) is 0 Å². The Balaban J connectivity index is -0.000000980. The van der Waals surface area contributed by atoms with Gasteiger partial charge in [-0.05, 0) is 6.42 Å². The molecule has 0 aliphatic carbocycles. The zero-order valence-corrected chi connectivity index (χ0v) is 12.2. The number of aliphatic hydroxyl groups excluding tert-OH is 1. The van der Waals surface area contributed by atoms with E-state index < -0.39 is 26.0 Å². The monoisotopic (exact) mass is 266 g/mol. The molecule has 1 unspecified atom stereocenters. The Kier molecular flexibility index (Phi) is 9.20. The van der Waals surface area contributed by atoms with Gasteiger partial charge >= 0.3 is 43.3 Å². The molecule has 9 heteroatoms. The number of aliphatic hydroxyl groups is 2. The molecule has 0 saturated heterocycles. The van der Waals surface area contributed by atoms with E-state index in [1.54, 1.807) is 6.92 Å². The van der Waals surface area contributed by atoms with Gasteiger partial charge in [-0.25, -0.2) is 9.36 Å². The Hall–Kier alpha value is 0.540. The molecule has 0 aromatic carbocycles. The van der Waals surface area contributed by atoms with Crippen LogP contribution in [0.2, 0.25) is 0 Å². The van der Waals surface area contributed by atoms with Crippen molar-refractivity contribution in [2.75, 3.05) is 6.61 Å². The molecule has 0 saturated carbocycles. The summed E-state index contributed by atoms with van der Waals surface area (Å²) in [5.74, 6) is -1.51. The predicted octanol–water partition coefficient (Wildman–Crippen LogP) is -3.35. The number of unbranched alkanes of at least 4 members (excludes halogenated alkanes) is 1. The largest absolute Gasteiger partial charge is 1.00 e. The zero-order valence-electron chi connectivity index (χ0n) is 10.3. The Morgan fingerprint density at radius 1 is 1.50 bits per heavy atom. The molecule has 0 bridgehead atoms. The predicted molar refractivity (Wildman–Crippen MR) is 50.8 cm³/mol. The van der Waals surface area contributed by atoms with E-state index in [9.17, 15) is 14.5 Å². The molecule has 0 aliphatic rings. The molecule has 4 N–H and O–H groups in total. The maximum atomic E-state index is 11.1. The van der Waals surface area contributed by atoms with E-state index in [1.807, 2.05) is 0 Å². The van der Waals surface area contributed by atoms with E-state index in [2.05, 4.69) is 4.52 Å². The van der Waals surface area contributed by atoms with Crippen LogP contribution in [0.3, 0.4) is 0 Å². The van der Waals surface area contributed by atoms with E-state index in [1.165, 1.54) is 0 Å². The second-order valence-electron chi connectivity index (χ2n) is 3.16. The summed E-state index contributed by atoms with van der Waals surface area (Å²) < 4.78 is 14.0. The van der Waals surface area contributed by atoms with Crippen molar-refractivity contribution in [3.05, 3.63) is 0 Å². The summed E-state index contributed by atoms with van der Waals surface area (Å²) in [7, 11) is -4.98. The number of phosphoric acid groups is 1. The smallest absolute Gasteiger partial charge is 1.00 e. The third-order valence-corrected chi connectivity index (χ3v) is 2.19. The molecule has 16 heavy (non-hydrogen) atoms. The minimum atomic E-state index is -4.98. The summed E-state index contributed by atoms with van der Waals surface area (Å²) in [6.45, 7) is 0.859. The Bertz CT molecular complexity index is 271. The molecule has 92 valence electrons. The standard InChI is InChI=1S/C7H15O7P.Na.H/c1-2-3-4-7(10,5-8)6(9)14-15(11,12)13;;/h8,10H,2-5H2,1H3,(H2,11,12,13);;/q;+1;-1. The van der Waals surface area contributed by atoms with Crippen molar-refractivity contribution in [2.24, 2.45) is 0 Å². The van der Waals surface area contributed by atoms with Gasteiger partial charge in [-0.2, -0.15) is 0 Å². The molecule has 0 fully saturated rings. The normalized spacial score (nSPS) is 14.8. The summed E-state index contributed by atoms with van der Waals surface area (Å²) in [4.78, 5) is 27.8. The minimum Gasteiger partial charge on any atom is -1.00 e. The molecular weight excluding hydrogens is 250 g/mol. The van der Waals surface area contributed by atoms with Gasteiger partial charge in [0.2, 0.25) is 0 Å².